The molecule has 2 aromatic carbocycles. The Morgan fingerprint density at radius 2 is 1.53 bits per heavy atom. The molecule has 0 saturated carbocycles. The molecule has 4 atom stereocenters. The van der Waals surface area contributed by atoms with Gasteiger partial charge >= 0.3 is 12.2 Å². The lowest BCUT2D eigenvalue weighted by atomic mass is 10.00. The zero-order valence-corrected chi connectivity index (χ0v) is 26.1. The zero-order valence-electron chi connectivity index (χ0n) is 26.1. The summed E-state index contributed by atoms with van der Waals surface area (Å²) in [4.78, 5) is 37.5. The molecule has 0 radical (unpaired) electrons. The van der Waals surface area contributed by atoms with Crippen molar-refractivity contribution in [1.82, 2.24) is 20.9 Å². The largest absolute Gasteiger partial charge is 0.492 e. The lowest BCUT2D eigenvalue weighted by Crippen LogP contribution is -2.52. The highest BCUT2D eigenvalue weighted by Gasteiger charge is 2.27. The molecule has 3 amide bonds. The molecule has 0 aromatic heterocycles. The van der Waals surface area contributed by atoms with Gasteiger partial charge in [-0.1, -0.05) is 42.5 Å². The fourth-order valence-corrected chi connectivity index (χ4v) is 4.75. The Morgan fingerprint density at radius 1 is 0.933 bits per heavy atom. The second-order valence-electron chi connectivity index (χ2n) is 11.9. The van der Waals surface area contributed by atoms with Gasteiger partial charge in [0.25, 0.3) is 0 Å². The van der Waals surface area contributed by atoms with Gasteiger partial charge in [-0.25, -0.2) is 9.59 Å². The Kier molecular flexibility index (Phi) is 13.9. The molecule has 3 rings (SSSR count). The summed E-state index contributed by atoms with van der Waals surface area (Å²) in [5.41, 5.74) is 0.942. The van der Waals surface area contributed by atoms with Crippen molar-refractivity contribution < 1.29 is 43.9 Å². The fraction of sp³-hybridized carbons (Fsp3) is 0.531. The number of aliphatic hydroxyl groups excluding tert-OH is 2. The highest BCUT2D eigenvalue weighted by Crippen LogP contribution is 2.16. The average Bonchev–Trinajstić information content (AvgIpc) is 2.97. The minimum atomic E-state index is -1.25. The number of benzene rings is 2. The van der Waals surface area contributed by atoms with Gasteiger partial charge in [-0.3, -0.25) is 4.79 Å². The number of alkyl carbamates (subject to hydrolysis) is 1. The number of amides is 3. The number of carbonyl (C=O) groups excluding carboxylic acids is 2. The number of rotatable bonds is 16. The van der Waals surface area contributed by atoms with Gasteiger partial charge in [0.05, 0.1) is 37.4 Å². The maximum Gasteiger partial charge on any atom is 0.407 e. The predicted octanol–water partition coefficient (Wildman–Crippen LogP) is 1.55. The molecule has 45 heavy (non-hydrogen) atoms. The lowest BCUT2D eigenvalue weighted by molar-refractivity contribution is -0.143. The van der Waals surface area contributed by atoms with Crippen molar-refractivity contribution in [2.24, 2.45) is 0 Å². The summed E-state index contributed by atoms with van der Waals surface area (Å²) in [7, 11) is 0. The fourth-order valence-electron chi connectivity index (χ4n) is 4.75. The quantitative estimate of drug-likeness (QED) is 0.159. The van der Waals surface area contributed by atoms with Crippen LogP contribution in [0, 0.1) is 0 Å². The molecule has 0 bridgehead atoms. The molecule has 1 unspecified atom stereocenters. The minimum Gasteiger partial charge on any atom is -0.492 e. The Hall–Kier alpha value is -3.91. The third-order valence-electron chi connectivity index (χ3n) is 7.04. The molecule has 0 spiro atoms. The molecule has 1 aliphatic heterocycles. The van der Waals surface area contributed by atoms with Crippen LogP contribution in [0.3, 0.4) is 0 Å². The van der Waals surface area contributed by atoms with Crippen LogP contribution >= 0.6 is 0 Å². The first-order chi connectivity index (χ1) is 21.4. The van der Waals surface area contributed by atoms with E-state index in [1.807, 2.05) is 42.5 Å². The van der Waals surface area contributed by atoms with E-state index in [-0.39, 0.29) is 38.4 Å². The molecule has 1 saturated heterocycles. The SMILES string of the molecule is CC(C)(C)OC(=O)N[C@@H](Cc1ccc(OCCN2CCOCC2=O)cc1)C(O)CNC[C@@H](O)[C@H](Cc1ccccc1)NC(=O)O. The van der Waals surface area contributed by atoms with Crippen LogP contribution in [0.25, 0.3) is 0 Å². The van der Waals surface area contributed by atoms with Gasteiger partial charge in [0.1, 0.15) is 24.6 Å². The van der Waals surface area contributed by atoms with E-state index in [0.717, 1.165) is 11.1 Å². The molecule has 13 heteroatoms. The number of nitrogens with one attached hydrogen (secondary N) is 3. The molecule has 1 aliphatic rings. The Labute approximate surface area is 263 Å². The number of aliphatic hydroxyl groups is 2. The van der Waals surface area contributed by atoms with E-state index < -0.39 is 42.1 Å². The number of nitrogens with zero attached hydrogens (tertiary/aromatic N) is 1. The van der Waals surface area contributed by atoms with Crippen molar-refractivity contribution in [3.05, 3.63) is 65.7 Å². The minimum absolute atomic E-state index is 0.00389. The van der Waals surface area contributed by atoms with Crippen LogP contribution in [0.2, 0.25) is 0 Å². The summed E-state index contributed by atoms with van der Waals surface area (Å²) in [5, 5.41) is 39.2. The zero-order chi connectivity index (χ0) is 32.8. The maximum absolute atomic E-state index is 12.6. The lowest BCUT2D eigenvalue weighted by Gasteiger charge is -2.28. The van der Waals surface area contributed by atoms with E-state index in [2.05, 4.69) is 16.0 Å². The number of hydrogen-bond donors (Lipinski definition) is 6. The monoisotopic (exact) mass is 630 g/mol. The number of hydrogen-bond acceptors (Lipinski definition) is 9. The van der Waals surface area contributed by atoms with Crippen LogP contribution in [0.4, 0.5) is 9.59 Å². The highest BCUT2D eigenvalue weighted by molar-refractivity contribution is 5.78. The highest BCUT2D eigenvalue weighted by atomic mass is 16.6. The number of morpholine rings is 1. The van der Waals surface area contributed by atoms with Crippen LogP contribution in [0.15, 0.2) is 54.6 Å². The van der Waals surface area contributed by atoms with E-state index in [1.54, 1.807) is 37.8 Å². The van der Waals surface area contributed by atoms with E-state index in [1.165, 1.54) is 0 Å². The van der Waals surface area contributed by atoms with Gasteiger partial charge in [-0.15, -0.1) is 0 Å². The Bertz CT molecular complexity index is 1210. The molecular formula is C32H46N4O9. The Morgan fingerprint density at radius 3 is 2.11 bits per heavy atom. The first-order valence-electron chi connectivity index (χ1n) is 15.1. The summed E-state index contributed by atoms with van der Waals surface area (Å²) in [6, 6.07) is 14.9. The topological polar surface area (TPSA) is 179 Å². The van der Waals surface area contributed by atoms with Crippen LogP contribution < -0.4 is 20.7 Å². The van der Waals surface area contributed by atoms with Crippen molar-refractivity contribution in [3.8, 4) is 5.75 Å². The van der Waals surface area contributed by atoms with Crippen LogP contribution in [-0.2, 0) is 27.1 Å². The summed E-state index contributed by atoms with van der Waals surface area (Å²) in [6.45, 7) is 7.15. The first-order valence-corrected chi connectivity index (χ1v) is 15.1. The average molecular weight is 631 g/mol. The third kappa shape index (κ3) is 13.3. The maximum atomic E-state index is 12.6. The van der Waals surface area contributed by atoms with E-state index in [0.29, 0.717) is 32.1 Å². The van der Waals surface area contributed by atoms with Crippen molar-refractivity contribution >= 4 is 18.1 Å². The standard InChI is InChI=1S/C32H46N4O9/c1-32(2,3)45-31(42)35-26(18-23-9-11-24(12-10-23)44-16-14-36-13-15-43-21-29(36)39)28(38)20-33-19-27(37)25(34-30(40)41)17-22-7-5-4-6-8-22/h4-12,25-28,33-34,37-38H,13-21H2,1-3H3,(H,35,42)(H,40,41)/t25-,26-,27+,28?/m0/s1. The molecule has 1 heterocycles. The van der Waals surface area contributed by atoms with Gasteiger partial charge in [-0.2, -0.15) is 0 Å². The van der Waals surface area contributed by atoms with E-state index in [4.69, 9.17) is 14.2 Å². The van der Waals surface area contributed by atoms with Gasteiger partial charge in [-0.05, 0) is 56.9 Å². The van der Waals surface area contributed by atoms with E-state index in [9.17, 15) is 29.7 Å². The summed E-state index contributed by atoms with van der Waals surface area (Å²) in [5.74, 6) is 0.558. The summed E-state index contributed by atoms with van der Waals surface area (Å²) in [6.07, 6.45) is -3.54. The first kappa shape index (κ1) is 35.6. The number of ether oxygens (including phenoxy) is 3. The normalized spacial score (nSPS) is 16.3. The molecule has 1 fully saturated rings. The molecule has 13 nitrogen and oxygen atoms in total. The smallest absolute Gasteiger partial charge is 0.407 e. The molecule has 248 valence electrons. The van der Waals surface area contributed by atoms with Gasteiger partial charge in [0.2, 0.25) is 5.91 Å². The molecule has 0 aliphatic carbocycles. The molecule has 6 N–H and O–H groups in total. The Balaban J connectivity index is 1.57. The predicted molar refractivity (Wildman–Crippen MR) is 166 cm³/mol. The summed E-state index contributed by atoms with van der Waals surface area (Å²) >= 11 is 0. The molecular weight excluding hydrogens is 584 g/mol. The number of carbonyl (C=O) groups is 3. The van der Waals surface area contributed by atoms with Crippen LogP contribution in [0.5, 0.6) is 5.75 Å². The van der Waals surface area contributed by atoms with Crippen molar-refractivity contribution in [2.45, 2.75) is 63.5 Å². The van der Waals surface area contributed by atoms with Crippen molar-refractivity contribution in [1.29, 1.82) is 0 Å². The van der Waals surface area contributed by atoms with Gasteiger partial charge in [0, 0.05) is 19.6 Å². The van der Waals surface area contributed by atoms with E-state index >= 15 is 0 Å². The molecule has 2 aromatic rings. The second kappa shape index (κ2) is 17.5. The second-order valence-corrected chi connectivity index (χ2v) is 11.9. The van der Waals surface area contributed by atoms with Crippen molar-refractivity contribution in [3.63, 3.8) is 0 Å². The van der Waals surface area contributed by atoms with Gasteiger partial charge in [0.15, 0.2) is 0 Å². The van der Waals surface area contributed by atoms with Crippen LogP contribution in [-0.4, -0.2) is 114 Å². The third-order valence-corrected chi connectivity index (χ3v) is 7.04. The number of carboxylic acid groups (broad SMARTS) is 1. The van der Waals surface area contributed by atoms with Gasteiger partial charge < -0.3 is 50.4 Å². The van der Waals surface area contributed by atoms with Crippen molar-refractivity contribution in [2.75, 3.05) is 46.0 Å². The summed E-state index contributed by atoms with van der Waals surface area (Å²) < 4.78 is 16.3. The van der Waals surface area contributed by atoms with Crippen LogP contribution in [0.1, 0.15) is 31.9 Å².